The van der Waals surface area contributed by atoms with Gasteiger partial charge in [0.15, 0.2) is 0 Å². The average molecular weight is 328 g/mol. The van der Waals surface area contributed by atoms with E-state index in [4.69, 9.17) is 4.74 Å². The number of rotatable bonds is 2. The number of hydrogen-bond acceptors (Lipinski definition) is 4. The van der Waals surface area contributed by atoms with Gasteiger partial charge in [0.1, 0.15) is 6.23 Å². The van der Waals surface area contributed by atoms with Crippen LogP contribution in [-0.4, -0.2) is 26.1 Å². The average Bonchev–Trinajstić information content (AvgIpc) is 2.82. The summed E-state index contributed by atoms with van der Waals surface area (Å²) in [5.74, 6) is 0. The van der Waals surface area contributed by atoms with Gasteiger partial charge in [0.2, 0.25) is 0 Å². The molecular weight excluding hydrogens is 314 g/mol. The highest BCUT2D eigenvalue weighted by Gasteiger charge is 2.30. The van der Waals surface area contributed by atoms with Gasteiger partial charge in [-0.05, 0) is 19.3 Å². The predicted molar refractivity (Wildman–Crippen MR) is 72.5 cm³/mol. The van der Waals surface area contributed by atoms with E-state index in [0.29, 0.717) is 12.0 Å². The fourth-order valence-corrected chi connectivity index (χ4v) is 3.09. The first kappa shape index (κ1) is 12.8. The lowest BCUT2D eigenvalue weighted by atomic mass is 10.0. The van der Waals surface area contributed by atoms with Gasteiger partial charge in [-0.3, -0.25) is 10.1 Å². The van der Waals surface area contributed by atoms with Crippen LogP contribution in [0.2, 0.25) is 0 Å². The molecule has 1 aromatic rings. The lowest BCUT2D eigenvalue weighted by molar-refractivity contribution is -0.375. The Kier molecular flexibility index (Phi) is 3.40. The first-order chi connectivity index (χ1) is 9.15. The normalized spacial score (nSPS) is 26.7. The number of aromatic nitrogens is 2. The van der Waals surface area contributed by atoms with E-state index in [-0.39, 0.29) is 21.7 Å². The smallest absolute Gasteiger partial charge is 0.277 e. The third-order valence-corrected chi connectivity index (χ3v) is 4.05. The van der Waals surface area contributed by atoms with Crippen molar-refractivity contribution in [2.24, 2.45) is 0 Å². The number of alkyl halides is 1. The highest BCUT2D eigenvalue weighted by Crippen LogP contribution is 2.31. The topological polar surface area (TPSA) is 70.2 Å². The molecule has 0 saturated carbocycles. The zero-order chi connectivity index (χ0) is 13.4. The van der Waals surface area contributed by atoms with E-state index in [2.05, 4.69) is 21.0 Å². The van der Waals surface area contributed by atoms with Crippen molar-refractivity contribution < 1.29 is 9.66 Å². The van der Waals surface area contributed by atoms with Gasteiger partial charge in [-0.2, -0.15) is 5.10 Å². The standard InChI is InChI=1S/C12H14BrN3O3/c13-8-5-10-9(11(6-8)16(17)18)7-15(14-10)12-3-1-2-4-19-12/h6-8,12H,1-5H2. The maximum atomic E-state index is 11.1. The second kappa shape index (κ2) is 5.05. The van der Waals surface area contributed by atoms with E-state index < -0.39 is 0 Å². The van der Waals surface area contributed by atoms with E-state index in [9.17, 15) is 10.1 Å². The van der Waals surface area contributed by atoms with E-state index in [0.717, 1.165) is 31.6 Å². The molecule has 0 N–H and O–H groups in total. The van der Waals surface area contributed by atoms with Gasteiger partial charge >= 0.3 is 0 Å². The van der Waals surface area contributed by atoms with Crippen LogP contribution in [0.5, 0.6) is 0 Å². The summed E-state index contributed by atoms with van der Waals surface area (Å²) in [5.41, 5.74) is 1.52. The second-order valence-electron chi connectivity index (χ2n) is 4.82. The number of halogens is 1. The van der Waals surface area contributed by atoms with Crippen molar-refractivity contribution >= 4 is 21.6 Å². The summed E-state index contributed by atoms with van der Waals surface area (Å²) in [7, 11) is 0. The maximum absolute atomic E-state index is 11.1. The Balaban J connectivity index is 1.94. The number of ether oxygens (including phenoxy) is 1. The van der Waals surface area contributed by atoms with Gasteiger partial charge in [0.05, 0.1) is 16.2 Å². The quantitative estimate of drug-likeness (QED) is 0.475. The molecule has 1 saturated heterocycles. The Bertz CT molecular complexity index is 534. The zero-order valence-electron chi connectivity index (χ0n) is 10.3. The van der Waals surface area contributed by atoms with Gasteiger partial charge < -0.3 is 4.74 Å². The largest absolute Gasteiger partial charge is 0.357 e. The summed E-state index contributed by atoms with van der Waals surface area (Å²) < 4.78 is 7.41. The second-order valence-corrected chi connectivity index (χ2v) is 6.00. The SMILES string of the molecule is O=[N+]([O-])C1=CC(Br)Cc2nn(C3CCCCO3)cc21. The first-order valence-corrected chi connectivity index (χ1v) is 7.27. The molecule has 2 atom stereocenters. The molecule has 2 heterocycles. The molecule has 0 amide bonds. The molecule has 0 radical (unpaired) electrons. The first-order valence-electron chi connectivity index (χ1n) is 6.35. The summed E-state index contributed by atoms with van der Waals surface area (Å²) >= 11 is 3.41. The van der Waals surface area contributed by atoms with Crippen LogP contribution in [0.4, 0.5) is 0 Å². The highest BCUT2D eigenvalue weighted by molar-refractivity contribution is 9.09. The molecule has 3 rings (SSSR count). The minimum absolute atomic E-state index is 0.0315. The molecule has 1 aliphatic heterocycles. The fourth-order valence-electron chi connectivity index (χ4n) is 2.54. The van der Waals surface area contributed by atoms with Crippen LogP contribution >= 0.6 is 15.9 Å². The molecular formula is C12H14BrN3O3. The number of fused-ring (bicyclic) bond motifs is 1. The van der Waals surface area contributed by atoms with E-state index >= 15 is 0 Å². The van der Waals surface area contributed by atoms with Crippen molar-refractivity contribution in [2.45, 2.75) is 36.7 Å². The Morgan fingerprint density at radius 2 is 2.37 bits per heavy atom. The van der Waals surface area contributed by atoms with E-state index in [1.54, 1.807) is 17.0 Å². The molecule has 0 bridgehead atoms. The van der Waals surface area contributed by atoms with Crippen LogP contribution in [-0.2, 0) is 11.2 Å². The monoisotopic (exact) mass is 327 g/mol. The third-order valence-electron chi connectivity index (χ3n) is 3.46. The van der Waals surface area contributed by atoms with Crippen molar-refractivity contribution in [2.75, 3.05) is 6.61 Å². The Hall–Kier alpha value is -1.21. The number of hydrogen-bond donors (Lipinski definition) is 0. The fraction of sp³-hybridized carbons (Fsp3) is 0.583. The van der Waals surface area contributed by atoms with Crippen LogP contribution in [0.15, 0.2) is 12.3 Å². The Labute approximate surface area is 118 Å². The van der Waals surface area contributed by atoms with Crippen molar-refractivity contribution in [3.05, 3.63) is 33.6 Å². The summed E-state index contributed by atoms with van der Waals surface area (Å²) in [4.78, 5) is 10.7. The van der Waals surface area contributed by atoms with Gasteiger partial charge in [-0.1, -0.05) is 15.9 Å². The molecule has 6 nitrogen and oxygen atoms in total. The summed E-state index contributed by atoms with van der Waals surface area (Å²) in [6.45, 7) is 0.730. The van der Waals surface area contributed by atoms with Gasteiger partial charge in [0.25, 0.3) is 5.70 Å². The van der Waals surface area contributed by atoms with Gasteiger partial charge in [-0.15, -0.1) is 0 Å². The minimum Gasteiger partial charge on any atom is -0.357 e. The zero-order valence-corrected chi connectivity index (χ0v) is 11.9. The maximum Gasteiger partial charge on any atom is 0.277 e. The highest BCUT2D eigenvalue weighted by atomic mass is 79.9. The molecule has 102 valence electrons. The van der Waals surface area contributed by atoms with Crippen molar-refractivity contribution in [3.63, 3.8) is 0 Å². The molecule has 0 aromatic carbocycles. The summed E-state index contributed by atoms with van der Waals surface area (Å²) in [5, 5.41) is 15.6. The minimum atomic E-state index is -0.347. The molecule has 0 spiro atoms. The van der Waals surface area contributed by atoms with Crippen molar-refractivity contribution in [1.82, 2.24) is 9.78 Å². The molecule has 7 heteroatoms. The van der Waals surface area contributed by atoms with Crippen LogP contribution in [0, 0.1) is 10.1 Å². The van der Waals surface area contributed by atoms with Crippen molar-refractivity contribution in [1.29, 1.82) is 0 Å². The summed E-state index contributed by atoms with van der Waals surface area (Å²) in [6.07, 6.45) is 7.06. The third kappa shape index (κ3) is 2.44. The van der Waals surface area contributed by atoms with Crippen LogP contribution in [0.3, 0.4) is 0 Å². The summed E-state index contributed by atoms with van der Waals surface area (Å²) in [6, 6.07) is 0. The van der Waals surface area contributed by atoms with E-state index in [1.165, 1.54) is 0 Å². The number of allylic oxidation sites excluding steroid dienone is 1. The molecule has 1 aromatic heterocycles. The molecule has 1 aliphatic carbocycles. The lowest BCUT2D eigenvalue weighted by Crippen LogP contribution is -2.18. The molecule has 19 heavy (non-hydrogen) atoms. The van der Waals surface area contributed by atoms with E-state index in [1.807, 2.05) is 0 Å². The number of nitrogens with zero attached hydrogens (tertiary/aromatic N) is 3. The Morgan fingerprint density at radius 3 is 3.05 bits per heavy atom. The van der Waals surface area contributed by atoms with Gasteiger partial charge in [-0.25, -0.2) is 4.68 Å². The van der Waals surface area contributed by atoms with Crippen molar-refractivity contribution in [3.8, 4) is 0 Å². The molecule has 2 aliphatic rings. The van der Waals surface area contributed by atoms with Gasteiger partial charge in [0, 0.05) is 30.1 Å². The van der Waals surface area contributed by atoms with Crippen LogP contribution in [0.25, 0.3) is 5.70 Å². The number of nitro groups is 1. The lowest BCUT2D eigenvalue weighted by Gasteiger charge is -2.22. The Morgan fingerprint density at radius 1 is 1.53 bits per heavy atom. The van der Waals surface area contributed by atoms with Crippen LogP contribution < -0.4 is 0 Å². The van der Waals surface area contributed by atoms with Crippen LogP contribution in [0.1, 0.15) is 36.7 Å². The molecule has 1 fully saturated rings. The molecule has 2 unspecified atom stereocenters. The predicted octanol–water partition coefficient (Wildman–Crippen LogP) is 2.52.